The Morgan fingerprint density at radius 2 is 1.65 bits per heavy atom. The number of hydrogen-bond donors (Lipinski definition) is 0. The molecule has 0 radical (unpaired) electrons. The monoisotopic (exact) mass is 268 g/mol. The van der Waals surface area contributed by atoms with Crippen LogP contribution in [0.25, 0.3) is 16.7 Å². The molecular weight excluding hydrogens is 248 g/mol. The molecule has 2 rings (SSSR count). The van der Waals surface area contributed by atoms with Crippen molar-refractivity contribution in [3.05, 3.63) is 54.1 Å². The molecule has 0 atom stereocenters. The molecule has 2 nitrogen and oxygen atoms in total. The molecule has 0 spiro atoms. The first kappa shape index (κ1) is 14.2. The van der Waals surface area contributed by atoms with Crippen molar-refractivity contribution in [2.75, 3.05) is 14.2 Å². The third-order valence-corrected chi connectivity index (χ3v) is 3.33. The molecule has 0 heterocycles. The second-order valence-electron chi connectivity index (χ2n) is 4.90. The minimum Gasteiger partial charge on any atom is -0.493 e. The number of benzene rings is 2. The Kier molecular flexibility index (Phi) is 4.14. The second kappa shape index (κ2) is 5.83. The van der Waals surface area contributed by atoms with Gasteiger partial charge in [0.2, 0.25) is 0 Å². The molecule has 104 valence electrons. The third-order valence-electron chi connectivity index (χ3n) is 3.33. The summed E-state index contributed by atoms with van der Waals surface area (Å²) >= 11 is 0. The van der Waals surface area contributed by atoms with Gasteiger partial charge in [-0.05, 0) is 42.7 Å². The van der Waals surface area contributed by atoms with Crippen LogP contribution < -0.4 is 9.47 Å². The van der Waals surface area contributed by atoms with Gasteiger partial charge < -0.3 is 9.47 Å². The normalized spacial score (nSPS) is 10.2. The lowest BCUT2D eigenvalue weighted by molar-refractivity contribution is 0.355. The van der Waals surface area contributed by atoms with Crippen molar-refractivity contribution in [2.24, 2.45) is 0 Å². The van der Waals surface area contributed by atoms with Crippen molar-refractivity contribution in [2.45, 2.75) is 13.8 Å². The number of hydrogen-bond acceptors (Lipinski definition) is 2. The third kappa shape index (κ3) is 2.69. The molecule has 0 amide bonds. The molecule has 2 heteroatoms. The zero-order chi connectivity index (χ0) is 14.7. The summed E-state index contributed by atoms with van der Waals surface area (Å²) in [4.78, 5) is 0. The smallest absolute Gasteiger partial charge is 0.161 e. The summed E-state index contributed by atoms with van der Waals surface area (Å²) in [5.41, 5.74) is 5.69. The van der Waals surface area contributed by atoms with E-state index in [1.165, 1.54) is 11.1 Å². The van der Waals surface area contributed by atoms with Gasteiger partial charge in [-0.1, -0.05) is 42.0 Å². The summed E-state index contributed by atoms with van der Waals surface area (Å²) in [5, 5.41) is 0. The van der Waals surface area contributed by atoms with Crippen molar-refractivity contribution >= 4 is 5.57 Å². The quantitative estimate of drug-likeness (QED) is 0.799. The number of ether oxygens (including phenoxy) is 2. The first-order valence-corrected chi connectivity index (χ1v) is 6.55. The molecule has 2 aromatic rings. The van der Waals surface area contributed by atoms with Gasteiger partial charge in [0, 0.05) is 0 Å². The zero-order valence-electron chi connectivity index (χ0n) is 12.5. The van der Waals surface area contributed by atoms with E-state index in [9.17, 15) is 0 Å². The molecule has 0 aliphatic rings. The fraction of sp³-hybridized carbons (Fsp3) is 0.222. The van der Waals surface area contributed by atoms with E-state index in [1.807, 2.05) is 25.1 Å². The van der Waals surface area contributed by atoms with Crippen LogP contribution in [0.1, 0.15) is 18.1 Å². The molecule has 2 aromatic carbocycles. The molecule has 0 aliphatic heterocycles. The van der Waals surface area contributed by atoms with Gasteiger partial charge in [0.1, 0.15) is 0 Å². The second-order valence-corrected chi connectivity index (χ2v) is 4.90. The molecule has 0 fully saturated rings. The predicted molar refractivity (Wildman–Crippen MR) is 84.4 cm³/mol. The first-order chi connectivity index (χ1) is 9.56. The largest absolute Gasteiger partial charge is 0.493 e. The van der Waals surface area contributed by atoms with Crippen LogP contribution in [-0.4, -0.2) is 14.2 Å². The highest BCUT2D eigenvalue weighted by Crippen LogP contribution is 2.35. The van der Waals surface area contributed by atoms with Crippen LogP contribution in [-0.2, 0) is 0 Å². The predicted octanol–water partition coefficient (Wildman–Crippen LogP) is 4.71. The molecule has 0 N–H and O–H groups in total. The van der Waals surface area contributed by atoms with E-state index >= 15 is 0 Å². The van der Waals surface area contributed by atoms with E-state index < -0.39 is 0 Å². The van der Waals surface area contributed by atoms with E-state index in [0.29, 0.717) is 0 Å². The van der Waals surface area contributed by atoms with Crippen molar-refractivity contribution in [1.82, 2.24) is 0 Å². The molecule has 0 bridgehead atoms. The van der Waals surface area contributed by atoms with Gasteiger partial charge in [-0.15, -0.1) is 0 Å². The molecule has 0 saturated heterocycles. The number of rotatable bonds is 4. The Balaban J connectivity index is 2.61. The van der Waals surface area contributed by atoms with Crippen LogP contribution in [0, 0.1) is 6.92 Å². The fourth-order valence-corrected chi connectivity index (χ4v) is 2.27. The minimum absolute atomic E-state index is 0.735. The van der Waals surface area contributed by atoms with Crippen molar-refractivity contribution in [3.8, 4) is 22.6 Å². The van der Waals surface area contributed by atoms with Crippen LogP contribution >= 0.6 is 0 Å². The molecule has 0 unspecified atom stereocenters. The molecule has 0 aliphatic carbocycles. The number of methoxy groups -OCH3 is 2. The molecule has 20 heavy (non-hydrogen) atoms. The molecular formula is C18H20O2. The Hall–Kier alpha value is -2.22. The lowest BCUT2D eigenvalue weighted by Gasteiger charge is -2.13. The fourth-order valence-electron chi connectivity index (χ4n) is 2.27. The van der Waals surface area contributed by atoms with E-state index in [2.05, 4.69) is 31.7 Å². The zero-order valence-corrected chi connectivity index (χ0v) is 12.5. The summed E-state index contributed by atoms with van der Waals surface area (Å²) in [5.74, 6) is 1.47. The summed E-state index contributed by atoms with van der Waals surface area (Å²) in [6, 6.07) is 12.4. The van der Waals surface area contributed by atoms with Gasteiger partial charge >= 0.3 is 0 Å². The standard InChI is InChI=1S/C18H20O2/c1-12(2)15-8-6-13(3)10-16(15)14-7-9-17(19-4)18(11-14)20-5/h6-11H,1H2,2-5H3. The number of allylic oxidation sites excluding steroid dienone is 1. The average Bonchev–Trinajstić information content (AvgIpc) is 2.46. The summed E-state index contributed by atoms with van der Waals surface area (Å²) in [7, 11) is 3.29. The lowest BCUT2D eigenvalue weighted by atomic mass is 9.94. The van der Waals surface area contributed by atoms with Gasteiger partial charge in [-0.3, -0.25) is 0 Å². The number of aryl methyl sites for hydroxylation is 1. The van der Waals surface area contributed by atoms with Gasteiger partial charge in [-0.25, -0.2) is 0 Å². The Morgan fingerprint density at radius 1 is 0.950 bits per heavy atom. The van der Waals surface area contributed by atoms with Crippen molar-refractivity contribution in [1.29, 1.82) is 0 Å². The topological polar surface area (TPSA) is 18.5 Å². The van der Waals surface area contributed by atoms with Gasteiger partial charge in [0.05, 0.1) is 14.2 Å². The maximum Gasteiger partial charge on any atom is 0.161 e. The summed E-state index contributed by atoms with van der Waals surface area (Å²) < 4.78 is 10.7. The highest BCUT2D eigenvalue weighted by molar-refractivity contribution is 5.81. The maximum absolute atomic E-state index is 5.38. The SMILES string of the molecule is C=C(C)c1ccc(C)cc1-c1ccc(OC)c(OC)c1. The van der Waals surface area contributed by atoms with Crippen molar-refractivity contribution in [3.63, 3.8) is 0 Å². The summed E-state index contributed by atoms with van der Waals surface area (Å²) in [6.45, 7) is 8.17. The highest BCUT2D eigenvalue weighted by Gasteiger charge is 2.10. The van der Waals surface area contributed by atoms with Crippen molar-refractivity contribution < 1.29 is 9.47 Å². The minimum atomic E-state index is 0.735. The summed E-state index contributed by atoms with van der Waals surface area (Å²) in [6.07, 6.45) is 0. The Morgan fingerprint density at radius 3 is 2.25 bits per heavy atom. The Bertz CT molecular complexity index is 642. The van der Waals surface area contributed by atoms with Crippen LogP contribution in [0.2, 0.25) is 0 Å². The van der Waals surface area contributed by atoms with Crippen LogP contribution in [0.5, 0.6) is 11.5 Å². The Labute approximate surface area is 120 Å². The van der Waals surface area contributed by atoms with Gasteiger partial charge in [0.25, 0.3) is 0 Å². The van der Waals surface area contributed by atoms with E-state index in [0.717, 1.165) is 28.2 Å². The van der Waals surface area contributed by atoms with Crippen LogP contribution in [0.3, 0.4) is 0 Å². The maximum atomic E-state index is 5.38. The highest BCUT2D eigenvalue weighted by atomic mass is 16.5. The van der Waals surface area contributed by atoms with E-state index in [1.54, 1.807) is 14.2 Å². The van der Waals surface area contributed by atoms with Gasteiger partial charge in [0.15, 0.2) is 11.5 Å². The van der Waals surface area contributed by atoms with E-state index in [4.69, 9.17) is 9.47 Å². The average molecular weight is 268 g/mol. The van der Waals surface area contributed by atoms with E-state index in [-0.39, 0.29) is 0 Å². The molecule has 0 saturated carbocycles. The van der Waals surface area contributed by atoms with Crippen LogP contribution in [0.15, 0.2) is 43.0 Å². The first-order valence-electron chi connectivity index (χ1n) is 6.55. The molecule has 0 aromatic heterocycles. The van der Waals surface area contributed by atoms with Gasteiger partial charge in [-0.2, -0.15) is 0 Å². The van der Waals surface area contributed by atoms with Crippen LogP contribution in [0.4, 0.5) is 0 Å². The lowest BCUT2D eigenvalue weighted by Crippen LogP contribution is -1.93.